The van der Waals surface area contributed by atoms with Gasteiger partial charge in [0, 0.05) is 5.02 Å². The van der Waals surface area contributed by atoms with Crippen molar-refractivity contribution in [1.29, 1.82) is 0 Å². The van der Waals surface area contributed by atoms with Crippen molar-refractivity contribution in [1.82, 2.24) is 0 Å². The fraction of sp³-hybridized carbons (Fsp3) is 0.385. The fourth-order valence-electron chi connectivity index (χ4n) is 1.95. The maximum absolute atomic E-state index is 11.4. The van der Waals surface area contributed by atoms with Gasteiger partial charge in [0.2, 0.25) is 0 Å². The van der Waals surface area contributed by atoms with Crippen LogP contribution in [0.15, 0.2) is 24.3 Å². The topological polar surface area (TPSA) is 34.1 Å². The van der Waals surface area contributed by atoms with Gasteiger partial charge in [-0.1, -0.05) is 30.7 Å². The molecule has 0 aromatic heterocycles. The van der Waals surface area contributed by atoms with E-state index in [2.05, 4.69) is 0 Å². The van der Waals surface area contributed by atoms with E-state index < -0.39 is 5.92 Å². The zero-order valence-corrected chi connectivity index (χ0v) is 10.4. The number of carbonyl (C=O) groups is 2. The van der Waals surface area contributed by atoms with E-state index >= 15 is 0 Å². The molecule has 0 aliphatic heterocycles. The highest BCUT2D eigenvalue weighted by molar-refractivity contribution is 6.30. The van der Waals surface area contributed by atoms with Gasteiger partial charge in [0.1, 0.15) is 11.6 Å². The molecular formula is C13H15ClO2. The van der Waals surface area contributed by atoms with E-state index in [9.17, 15) is 9.59 Å². The molecule has 0 amide bonds. The van der Waals surface area contributed by atoms with Gasteiger partial charge in [-0.25, -0.2) is 0 Å². The lowest BCUT2D eigenvalue weighted by molar-refractivity contribution is -0.131. The Labute approximate surface area is 101 Å². The number of benzene rings is 1. The lowest BCUT2D eigenvalue weighted by Gasteiger charge is -2.19. The van der Waals surface area contributed by atoms with Crippen LogP contribution in [0.25, 0.3) is 0 Å². The normalized spacial score (nSPS) is 12.6. The van der Waals surface area contributed by atoms with Crippen LogP contribution >= 0.6 is 11.6 Å². The van der Waals surface area contributed by atoms with E-state index in [0.717, 1.165) is 5.56 Å². The Hall–Kier alpha value is -1.15. The molecule has 2 nitrogen and oxygen atoms in total. The van der Waals surface area contributed by atoms with Crippen LogP contribution in [0.1, 0.15) is 32.3 Å². The number of rotatable bonds is 4. The van der Waals surface area contributed by atoms with Gasteiger partial charge >= 0.3 is 0 Å². The van der Waals surface area contributed by atoms with Crippen molar-refractivity contribution >= 4 is 23.2 Å². The molecule has 3 heteroatoms. The van der Waals surface area contributed by atoms with Crippen LogP contribution in [0.3, 0.4) is 0 Å². The lowest BCUT2D eigenvalue weighted by Crippen LogP contribution is -2.25. The van der Waals surface area contributed by atoms with E-state index in [1.165, 1.54) is 13.8 Å². The first-order valence-electron chi connectivity index (χ1n) is 5.20. The Morgan fingerprint density at radius 2 is 1.50 bits per heavy atom. The summed E-state index contributed by atoms with van der Waals surface area (Å²) in [6.45, 7) is 4.80. The first-order chi connectivity index (χ1) is 7.43. The molecule has 86 valence electrons. The van der Waals surface area contributed by atoms with Gasteiger partial charge in [-0.2, -0.15) is 0 Å². The summed E-state index contributed by atoms with van der Waals surface area (Å²) in [5.41, 5.74) is 0.958. The minimum Gasteiger partial charge on any atom is -0.299 e. The maximum Gasteiger partial charge on any atom is 0.140 e. The molecule has 0 bridgehead atoms. The maximum atomic E-state index is 11.4. The van der Waals surface area contributed by atoms with E-state index in [0.29, 0.717) is 5.02 Å². The van der Waals surface area contributed by atoms with Gasteiger partial charge in [0.15, 0.2) is 0 Å². The number of ketones is 2. The van der Waals surface area contributed by atoms with E-state index in [4.69, 9.17) is 11.6 Å². The highest BCUT2D eigenvalue weighted by atomic mass is 35.5. The molecule has 0 radical (unpaired) electrons. The van der Waals surface area contributed by atoms with Crippen LogP contribution < -0.4 is 0 Å². The molecule has 0 aliphatic carbocycles. The number of carbonyl (C=O) groups excluding carboxylic acids is 2. The molecule has 0 saturated heterocycles. The smallest absolute Gasteiger partial charge is 0.140 e. The van der Waals surface area contributed by atoms with Crippen molar-refractivity contribution in [2.45, 2.75) is 26.7 Å². The fourth-order valence-corrected chi connectivity index (χ4v) is 2.08. The second-order valence-corrected chi connectivity index (χ2v) is 4.48. The second kappa shape index (κ2) is 5.26. The quantitative estimate of drug-likeness (QED) is 0.755. The van der Waals surface area contributed by atoms with Crippen molar-refractivity contribution in [3.63, 3.8) is 0 Å². The Balaban J connectivity index is 2.99. The zero-order chi connectivity index (χ0) is 12.3. The zero-order valence-electron chi connectivity index (χ0n) is 9.66. The first-order valence-corrected chi connectivity index (χ1v) is 5.57. The Morgan fingerprint density at radius 3 is 1.88 bits per heavy atom. The number of hydrogen-bond acceptors (Lipinski definition) is 2. The van der Waals surface area contributed by atoms with Crippen molar-refractivity contribution in [2.24, 2.45) is 5.92 Å². The third-order valence-corrected chi connectivity index (χ3v) is 3.02. The molecule has 1 aromatic rings. The predicted octanol–water partition coefficient (Wildman–Crippen LogP) is 3.24. The van der Waals surface area contributed by atoms with Crippen molar-refractivity contribution in [3.05, 3.63) is 34.9 Å². The molecule has 1 unspecified atom stereocenters. The number of Topliss-reactive ketones (excluding diaryl/α,β-unsaturated/α-hetero) is 2. The second-order valence-electron chi connectivity index (χ2n) is 4.04. The Kier molecular flexibility index (Phi) is 4.25. The first kappa shape index (κ1) is 12.9. The summed E-state index contributed by atoms with van der Waals surface area (Å²) in [6.07, 6.45) is 0. The SMILES string of the molecule is CC(=O)C(C(C)=O)C(C)c1ccc(Cl)cc1. The van der Waals surface area contributed by atoms with Crippen LogP contribution in [0, 0.1) is 5.92 Å². The van der Waals surface area contributed by atoms with Gasteiger partial charge < -0.3 is 0 Å². The standard InChI is InChI=1S/C13H15ClO2/c1-8(13(9(2)15)10(3)16)11-4-6-12(14)7-5-11/h4-8,13H,1-3H3. The Morgan fingerprint density at radius 1 is 1.06 bits per heavy atom. The van der Waals surface area contributed by atoms with Gasteiger partial charge in [-0.3, -0.25) is 9.59 Å². The van der Waals surface area contributed by atoms with Crippen molar-refractivity contribution < 1.29 is 9.59 Å². The summed E-state index contributed by atoms with van der Waals surface area (Å²) < 4.78 is 0. The molecule has 0 fully saturated rings. The third kappa shape index (κ3) is 2.92. The van der Waals surface area contributed by atoms with Gasteiger partial charge in [0.25, 0.3) is 0 Å². The average molecular weight is 239 g/mol. The third-order valence-electron chi connectivity index (χ3n) is 2.77. The minimum absolute atomic E-state index is 0.0880. The highest BCUT2D eigenvalue weighted by Gasteiger charge is 2.27. The van der Waals surface area contributed by atoms with Gasteiger partial charge in [-0.15, -0.1) is 0 Å². The summed E-state index contributed by atoms with van der Waals surface area (Å²) in [5.74, 6) is -0.835. The molecule has 0 spiro atoms. The van der Waals surface area contributed by atoms with Gasteiger partial charge in [0.05, 0.1) is 5.92 Å². The summed E-state index contributed by atoms with van der Waals surface area (Å²) in [7, 11) is 0. The van der Waals surface area contributed by atoms with Gasteiger partial charge in [-0.05, 0) is 37.5 Å². The van der Waals surface area contributed by atoms with E-state index in [1.807, 2.05) is 19.1 Å². The Bertz CT molecular complexity index is 381. The van der Waals surface area contributed by atoms with Crippen LogP contribution in [-0.2, 0) is 9.59 Å². The molecule has 16 heavy (non-hydrogen) atoms. The monoisotopic (exact) mass is 238 g/mol. The summed E-state index contributed by atoms with van der Waals surface area (Å²) in [6, 6.07) is 7.24. The van der Waals surface area contributed by atoms with Crippen molar-refractivity contribution in [2.75, 3.05) is 0 Å². The van der Waals surface area contributed by atoms with Crippen LogP contribution in [-0.4, -0.2) is 11.6 Å². The lowest BCUT2D eigenvalue weighted by atomic mass is 9.83. The molecule has 0 heterocycles. The molecule has 1 rings (SSSR count). The van der Waals surface area contributed by atoms with E-state index in [1.54, 1.807) is 12.1 Å². The number of halogens is 1. The summed E-state index contributed by atoms with van der Waals surface area (Å²) in [4.78, 5) is 22.8. The average Bonchev–Trinajstić information content (AvgIpc) is 2.17. The van der Waals surface area contributed by atoms with Crippen molar-refractivity contribution in [3.8, 4) is 0 Å². The van der Waals surface area contributed by atoms with Crippen LogP contribution in [0.4, 0.5) is 0 Å². The molecule has 1 atom stereocenters. The summed E-state index contributed by atoms with van der Waals surface area (Å²) in [5, 5.41) is 0.651. The largest absolute Gasteiger partial charge is 0.299 e. The molecule has 0 saturated carbocycles. The molecule has 0 aliphatic rings. The van der Waals surface area contributed by atoms with Crippen LogP contribution in [0.2, 0.25) is 5.02 Å². The minimum atomic E-state index is -0.554. The van der Waals surface area contributed by atoms with Crippen LogP contribution in [0.5, 0.6) is 0 Å². The highest BCUT2D eigenvalue weighted by Crippen LogP contribution is 2.26. The molecule has 1 aromatic carbocycles. The molecular weight excluding hydrogens is 224 g/mol. The van der Waals surface area contributed by atoms with E-state index in [-0.39, 0.29) is 17.5 Å². The molecule has 0 N–H and O–H groups in total. The summed E-state index contributed by atoms with van der Waals surface area (Å²) >= 11 is 5.79. The predicted molar refractivity (Wildman–Crippen MR) is 64.7 cm³/mol. The number of hydrogen-bond donors (Lipinski definition) is 0.